The van der Waals surface area contributed by atoms with E-state index >= 15 is 0 Å². The van der Waals surface area contributed by atoms with E-state index in [2.05, 4.69) is 10.4 Å². The van der Waals surface area contributed by atoms with Crippen molar-refractivity contribution in [3.8, 4) is 0 Å². The van der Waals surface area contributed by atoms with Crippen molar-refractivity contribution in [3.63, 3.8) is 0 Å². The Balaban J connectivity index is 2.26. The lowest BCUT2D eigenvalue weighted by atomic mass is 10.1. The molecule has 2 aromatic rings. The zero-order valence-electron chi connectivity index (χ0n) is 9.42. The lowest BCUT2D eigenvalue weighted by Gasteiger charge is -2.10. The van der Waals surface area contributed by atoms with Crippen molar-refractivity contribution in [2.75, 3.05) is 5.32 Å². The number of aromatic nitrogens is 2. The maximum Gasteiger partial charge on any atom is 0.307 e. The van der Waals surface area contributed by atoms with E-state index in [-0.39, 0.29) is 6.42 Å². The smallest absolute Gasteiger partial charge is 0.307 e. The summed E-state index contributed by atoms with van der Waals surface area (Å²) in [5.41, 5.74) is 1.54. The predicted molar refractivity (Wildman–Crippen MR) is 64.3 cm³/mol. The average molecular weight is 231 g/mol. The average Bonchev–Trinajstić information content (AvgIpc) is 2.67. The van der Waals surface area contributed by atoms with Crippen LogP contribution in [0.1, 0.15) is 5.56 Å². The Labute approximate surface area is 98.7 Å². The third-order valence-electron chi connectivity index (χ3n) is 2.44. The number of aliphatic carboxylic acids is 1. The predicted octanol–water partition coefficient (Wildman–Crippen LogP) is 1.79. The Morgan fingerprint density at radius 1 is 1.41 bits per heavy atom. The first kappa shape index (κ1) is 11.2. The van der Waals surface area contributed by atoms with Gasteiger partial charge in [-0.3, -0.25) is 9.48 Å². The third kappa shape index (κ3) is 2.63. The number of nitrogens with zero attached hydrogens (tertiary/aromatic N) is 2. The normalized spacial score (nSPS) is 10.2. The number of aryl methyl sites for hydroxylation is 1. The number of rotatable bonds is 4. The second-order valence-corrected chi connectivity index (χ2v) is 3.69. The van der Waals surface area contributed by atoms with Gasteiger partial charge in [-0.2, -0.15) is 5.10 Å². The summed E-state index contributed by atoms with van der Waals surface area (Å²) in [6.45, 7) is 0. The molecule has 0 saturated heterocycles. The monoisotopic (exact) mass is 231 g/mol. The molecule has 0 unspecified atom stereocenters. The van der Waals surface area contributed by atoms with Gasteiger partial charge in [0.05, 0.1) is 12.6 Å². The molecule has 0 aliphatic carbocycles. The lowest BCUT2D eigenvalue weighted by molar-refractivity contribution is -0.136. The molecule has 2 rings (SSSR count). The molecule has 0 aliphatic rings. The van der Waals surface area contributed by atoms with Crippen LogP contribution >= 0.6 is 0 Å². The molecule has 2 N–H and O–H groups in total. The number of carboxylic acid groups (broad SMARTS) is 1. The Hall–Kier alpha value is -2.30. The van der Waals surface area contributed by atoms with Crippen LogP contribution in [0, 0.1) is 0 Å². The standard InChI is InChI=1S/C12H13N3O2/c1-15-11(6-7-13-15)14-10-5-3-2-4-9(10)8-12(16)17/h2-7,14H,8H2,1H3,(H,16,17). The fourth-order valence-corrected chi connectivity index (χ4v) is 1.59. The zero-order valence-corrected chi connectivity index (χ0v) is 9.42. The molecule has 1 aromatic heterocycles. The van der Waals surface area contributed by atoms with Gasteiger partial charge in [0.2, 0.25) is 0 Å². The lowest BCUT2D eigenvalue weighted by Crippen LogP contribution is -2.05. The Kier molecular flexibility index (Phi) is 3.09. The molecule has 0 spiro atoms. The number of hydrogen-bond donors (Lipinski definition) is 2. The van der Waals surface area contributed by atoms with E-state index in [4.69, 9.17) is 5.11 Å². The van der Waals surface area contributed by atoms with Crippen LogP contribution in [0.3, 0.4) is 0 Å². The van der Waals surface area contributed by atoms with Crippen molar-refractivity contribution in [2.24, 2.45) is 7.05 Å². The van der Waals surface area contributed by atoms with Crippen molar-refractivity contribution in [1.82, 2.24) is 9.78 Å². The summed E-state index contributed by atoms with van der Waals surface area (Å²) < 4.78 is 1.69. The highest BCUT2D eigenvalue weighted by Crippen LogP contribution is 2.20. The van der Waals surface area contributed by atoms with Gasteiger partial charge in [0, 0.05) is 18.8 Å². The van der Waals surface area contributed by atoms with Gasteiger partial charge in [0.15, 0.2) is 0 Å². The van der Waals surface area contributed by atoms with Crippen LogP contribution in [0.25, 0.3) is 0 Å². The molecule has 0 aliphatic heterocycles. The van der Waals surface area contributed by atoms with Gasteiger partial charge in [0.25, 0.3) is 0 Å². The van der Waals surface area contributed by atoms with Gasteiger partial charge in [-0.15, -0.1) is 0 Å². The van der Waals surface area contributed by atoms with Gasteiger partial charge in [-0.1, -0.05) is 18.2 Å². The largest absolute Gasteiger partial charge is 0.481 e. The molecule has 88 valence electrons. The molecule has 0 radical (unpaired) electrons. The van der Waals surface area contributed by atoms with Crippen LogP contribution in [-0.4, -0.2) is 20.9 Å². The maximum absolute atomic E-state index is 10.7. The van der Waals surface area contributed by atoms with E-state index in [1.807, 2.05) is 31.3 Å². The Morgan fingerprint density at radius 2 is 2.18 bits per heavy atom. The van der Waals surface area contributed by atoms with Gasteiger partial charge in [-0.05, 0) is 11.6 Å². The first-order valence-corrected chi connectivity index (χ1v) is 5.21. The molecule has 0 fully saturated rings. The molecular formula is C12H13N3O2. The summed E-state index contributed by atoms with van der Waals surface area (Å²) in [4.78, 5) is 10.7. The summed E-state index contributed by atoms with van der Waals surface area (Å²) in [7, 11) is 1.82. The summed E-state index contributed by atoms with van der Waals surface area (Å²) in [5, 5.41) is 16.0. The number of benzene rings is 1. The first-order valence-electron chi connectivity index (χ1n) is 5.21. The summed E-state index contributed by atoms with van der Waals surface area (Å²) in [6.07, 6.45) is 1.68. The molecule has 0 saturated carbocycles. The van der Waals surface area contributed by atoms with Crippen LogP contribution in [0.4, 0.5) is 11.5 Å². The minimum atomic E-state index is -0.843. The van der Waals surface area contributed by atoms with Crippen molar-refractivity contribution >= 4 is 17.5 Å². The van der Waals surface area contributed by atoms with Crippen molar-refractivity contribution in [3.05, 3.63) is 42.1 Å². The second kappa shape index (κ2) is 4.69. The fraction of sp³-hybridized carbons (Fsp3) is 0.167. The first-order chi connectivity index (χ1) is 8.16. The SMILES string of the molecule is Cn1nccc1Nc1ccccc1CC(=O)O. The van der Waals surface area contributed by atoms with Gasteiger partial charge in [0.1, 0.15) is 5.82 Å². The van der Waals surface area contributed by atoms with Crippen LogP contribution in [0.5, 0.6) is 0 Å². The van der Waals surface area contributed by atoms with Gasteiger partial charge < -0.3 is 10.4 Å². The van der Waals surface area contributed by atoms with Gasteiger partial charge >= 0.3 is 5.97 Å². The van der Waals surface area contributed by atoms with Crippen molar-refractivity contribution in [2.45, 2.75) is 6.42 Å². The van der Waals surface area contributed by atoms with Crippen LogP contribution in [0.2, 0.25) is 0 Å². The third-order valence-corrected chi connectivity index (χ3v) is 2.44. The highest BCUT2D eigenvalue weighted by molar-refractivity contribution is 5.74. The van der Waals surface area contributed by atoms with E-state index < -0.39 is 5.97 Å². The van der Waals surface area contributed by atoms with Crippen LogP contribution < -0.4 is 5.32 Å². The fourth-order valence-electron chi connectivity index (χ4n) is 1.59. The Bertz CT molecular complexity index is 534. The molecule has 0 bridgehead atoms. The number of hydrogen-bond acceptors (Lipinski definition) is 3. The van der Waals surface area contributed by atoms with Crippen molar-refractivity contribution < 1.29 is 9.90 Å². The van der Waals surface area contributed by atoms with E-state index in [0.717, 1.165) is 17.1 Å². The summed E-state index contributed by atoms with van der Waals surface area (Å²) in [5.74, 6) is -0.0212. The number of anilines is 2. The van der Waals surface area contributed by atoms with Crippen LogP contribution in [-0.2, 0) is 18.3 Å². The minimum Gasteiger partial charge on any atom is -0.481 e. The van der Waals surface area contributed by atoms with Crippen molar-refractivity contribution in [1.29, 1.82) is 0 Å². The molecule has 5 heteroatoms. The molecule has 0 amide bonds. The highest BCUT2D eigenvalue weighted by Gasteiger charge is 2.07. The molecule has 0 atom stereocenters. The summed E-state index contributed by atoms with van der Waals surface area (Å²) >= 11 is 0. The number of carboxylic acids is 1. The highest BCUT2D eigenvalue weighted by atomic mass is 16.4. The van der Waals surface area contributed by atoms with E-state index in [9.17, 15) is 4.79 Å². The molecule has 1 aromatic carbocycles. The number of para-hydroxylation sites is 1. The topological polar surface area (TPSA) is 67.2 Å². The Morgan fingerprint density at radius 3 is 2.82 bits per heavy atom. The van der Waals surface area contributed by atoms with Gasteiger partial charge in [-0.25, -0.2) is 0 Å². The molecule has 5 nitrogen and oxygen atoms in total. The molecular weight excluding hydrogens is 218 g/mol. The maximum atomic E-state index is 10.7. The quantitative estimate of drug-likeness (QED) is 0.841. The van der Waals surface area contributed by atoms with E-state index in [0.29, 0.717) is 0 Å². The van der Waals surface area contributed by atoms with E-state index in [1.54, 1.807) is 16.9 Å². The molecule has 1 heterocycles. The van der Waals surface area contributed by atoms with E-state index in [1.165, 1.54) is 0 Å². The number of nitrogens with one attached hydrogen (secondary N) is 1. The number of carbonyl (C=O) groups is 1. The zero-order chi connectivity index (χ0) is 12.3. The second-order valence-electron chi connectivity index (χ2n) is 3.69. The molecule has 17 heavy (non-hydrogen) atoms. The summed E-state index contributed by atoms with van der Waals surface area (Å²) in [6, 6.07) is 9.17. The van der Waals surface area contributed by atoms with Crippen LogP contribution in [0.15, 0.2) is 36.5 Å². The minimum absolute atomic E-state index is 0.00102.